The highest BCUT2D eigenvalue weighted by molar-refractivity contribution is 14.1. The molecule has 0 atom stereocenters. The Morgan fingerprint density at radius 1 is 0.590 bits per heavy atom. The van der Waals surface area contributed by atoms with E-state index in [9.17, 15) is 4.79 Å². The number of carboxylic acids is 1. The average molecular weight is 1350 g/mol. The zero-order valence-electron chi connectivity index (χ0n) is 30.1. The fourth-order valence-electron chi connectivity index (χ4n) is 5.03. The predicted octanol–water partition coefficient (Wildman–Crippen LogP) is 18.5. The fraction of sp³-hybridized carbons (Fsp3) is 0. The molecule has 10 rings (SSSR count). The lowest BCUT2D eigenvalue weighted by molar-refractivity contribution is 0.0699. The van der Waals surface area contributed by atoms with E-state index in [-0.39, 0.29) is 5.56 Å². The Morgan fingerprint density at radius 3 is 1.56 bits per heavy atom. The molecule has 10 aromatic heterocycles. The van der Waals surface area contributed by atoms with Crippen LogP contribution in [-0.2, 0) is 0 Å². The third kappa shape index (κ3) is 11.6. The summed E-state index contributed by atoms with van der Waals surface area (Å²) < 4.78 is 9.33. The molecule has 10 aromatic rings. The highest BCUT2D eigenvalue weighted by Gasteiger charge is 2.19. The minimum Gasteiger partial charge on any atom is -0.478 e. The Morgan fingerprint density at radius 2 is 1.05 bits per heavy atom. The predicted molar refractivity (Wildman–Crippen MR) is 291 cm³/mol. The molecule has 10 heterocycles. The summed E-state index contributed by atoms with van der Waals surface area (Å²) in [4.78, 5) is 33.5. The van der Waals surface area contributed by atoms with E-state index in [4.69, 9.17) is 63.1 Å². The standard InChI is InChI=1S/C10H6ClNO2S.C9H5BrClNS.C7H2BrClINS.C7H3ClINS.C7H4ClNS/c1-2-6-7(10(13)14)8-9(15-6)5(11)3-4-12-8;1-2-6-7(10)8-9(13-6)5(11)3-4-12-8;8-4-5-6(12-7(4)10)3(9)1-2-11-5;8-4-1-2-10-5-3-6(9)11-7(4)5;8-5-1-3-9-6-2-4-10-7(5)6/h2-4H,1H2,(H,13,14);2-4H,1H2;1-2H;1-3H;1-4H. The molecular formula is C40H20Br2Cl5I2N5O2S5. The Labute approximate surface area is 437 Å². The third-order valence-corrected chi connectivity index (χ3v) is 20.1. The van der Waals surface area contributed by atoms with Gasteiger partial charge in [-0.2, -0.15) is 0 Å². The van der Waals surface area contributed by atoms with Crippen LogP contribution in [0.25, 0.3) is 63.2 Å². The van der Waals surface area contributed by atoms with Crippen LogP contribution in [0.5, 0.6) is 0 Å². The number of thiophene rings is 5. The first-order chi connectivity index (χ1) is 29.2. The van der Waals surface area contributed by atoms with Crippen molar-refractivity contribution in [2.24, 2.45) is 0 Å². The van der Waals surface area contributed by atoms with Crippen LogP contribution in [0.1, 0.15) is 20.1 Å². The molecule has 0 fully saturated rings. The summed E-state index contributed by atoms with van der Waals surface area (Å²) in [7, 11) is 0. The van der Waals surface area contributed by atoms with Gasteiger partial charge in [0.15, 0.2) is 0 Å². The van der Waals surface area contributed by atoms with E-state index in [1.807, 2.05) is 29.6 Å². The van der Waals surface area contributed by atoms with Gasteiger partial charge in [-0.25, -0.2) is 4.79 Å². The van der Waals surface area contributed by atoms with Crippen LogP contribution >= 0.6 is 192 Å². The maximum atomic E-state index is 11.0. The molecular weight excluding hydrogens is 1330 g/mol. The van der Waals surface area contributed by atoms with Gasteiger partial charge in [0.05, 0.1) is 90.9 Å². The molecule has 0 aliphatic carbocycles. The van der Waals surface area contributed by atoms with E-state index in [2.05, 4.69) is 115 Å². The molecule has 0 radical (unpaired) electrons. The van der Waals surface area contributed by atoms with Crippen molar-refractivity contribution in [2.75, 3.05) is 0 Å². The van der Waals surface area contributed by atoms with Gasteiger partial charge in [0.2, 0.25) is 0 Å². The van der Waals surface area contributed by atoms with Crippen molar-refractivity contribution in [3.05, 3.63) is 147 Å². The third-order valence-electron chi connectivity index (χ3n) is 7.69. The van der Waals surface area contributed by atoms with Crippen molar-refractivity contribution in [1.29, 1.82) is 0 Å². The zero-order valence-corrected chi connectivity index (χ0v) is 45.5. The van der Waals surface area contributed by atoms with Crippen LogP contribution in [0.3, 0.4) is 0 Å². The molecule has 0 aromatic carbocycles. The molecule has 0 spiro atoms. The van der Waals surface area contributed by atoms with E-state index >= 15 is 0 Å². The highest BCUT2D eigenvalue weighted by atomic mass is 127. The van der Waals surface area contributed by atoms with E-state index < -0.39 is 5.97 Å². The van der Waals surface area contributed by atoms with Gasteiger partial charge in [-0.3, -0.25) is 24.9 Å². The summed E-state index contributed by atoms with van der Waals surface area (Å²) in [6, 6.07) is 12.9. The van der Waals surface area contributed by atoms with Gasteiger partial charge in [0, 0.05) is 40.7 Å². The van der Waals surface area contributed by atoms with Gasteiger partial charge < -0.3 is 5.11 Å². The first kappa shape index (κ1) is 48.8. The quantitative estimate of drug-likeness (QED) is 0.176. The summed E-state index contributed by atoms with van der Waals surface area (Å²) >= 11 is 49.0. The normalized spacial score (nSPS) is 10.6. The van der Waals surface area contributed by atoms with Gasteiger partial charge in [0.25, 0.3) is 0 Å². The first-order valence-electron chi connectivity index (χ1n) is 16.6. The second-order valence-electron chi connectivity index (χ2n) is 11.4. The Balaban J connectivity index is 0.000000128. The van der Waals surface area contributed by atoms with Crippen LogP contribution in [0.2, 0.25) is 25.1 Å². The lowest BCUT2D eigenvalue weighted by Gasteiger charge is -1.93. The van der Waals surface area contributed by atoms with Crippen molar-refractivity contribution < 1.29 is 9.90 Å². The largest absolute Gasteiger partial charge is 0.478 e. The number of rotatable bonds is 3. The summed E-state index contributed by atoms with van der Waals surface area (Å²) in [5.41, 5.74) is 4.44. The van der Waals surface area contributed by atoms with Crippen molar-refractivity contribution in [3.63, 3.8) is 0 Å². The lowest BCUT2D eigenvalue weighted by Crippen LogP contribution is -1.97. The molecule has 0 saturated carbocycles. The molecule has 0 aliphatic heterocycles. The molecule has 0 unspecified atom stereocenters. The molecule has 1 N–H and O–H groups in total. The van der Waals surface area contributed by atoms with Crippen molar-refractivity contribution >= 4 is 261 Å². The number of carbonyl (C=O) groups is 1. The summed E-state index contributed by atoms with van der Waals surface area (Å²) in [5.74, 6) is -1.01. The minimum absolute atomic E-state index is 0.174. The molecule has 7 nitrogen and oxygen atoms in total. The molecule has 0 aliphatic rings. The second kappa shape index (κ2) is 22.5. The number of nitrogens with zero attached hydrogens (tertiary/aromatic N) is 5. The lowest BCUT2D eigenvalue weighted by atomic mass is 10.2. The number of pyridine rings is 5. The summed E-state index contributed by atoms with van der Waals surface area (Å²) in [6.45, 7) is 7.30. The van der Waals surface area contributed by atoms with E-state index in [1.165, 1.54) is 29.4 Å². The Kier molecular flexibility index (Phi) is 18.0. The molecule has 310 valence electrons. The number of carboxylic acid groups (broad SMARTS) is 1. The Bertz CT molecular complexity index is 3230. The highest BCUT2D eigenvalue weighted by Crippen LogP contribution is 2.40. The van der Waals surface area contributed by atoms with Crippen LogP contribution in [0, 0.1) is 5.77 Å². The van der Waals surface area contributed by atoms with Crippen LogP contribution in [0.15, 0.2) is 101 Å². The number of hydrogen-bond acceptors (Lipinski definition) is 11. The van der Waals surface area contributed by atoms with Gasteiger partial charge in [-0.05, 0) is 125 Å². The van der Waals surface area contributed by atoms with Gasteiger partial charge in [-0.15, -0.1) is 56.7 Å². The van der Waals surface area contributed by atoms with Crippen LogP contribution < -0.4 is 0 Å². The van der Waals surface area contributed by atoms with Crippen molar-refractivity contribution in [1.82, 2.24) is 24.9 Å². The summed E-state index contributed by atoms with van der Waals surface area (Å²) in [6.07, 6.45) is 11.7. The molecule has 0 bridgehead atoms. The topological polar surface area (TPSA) is 102 Å². The number of halogens is 9. The first-order valence-corrected chi connectivity index (χ1v) is 26.3. The molecule has 0 saturated heterocycles. The average Bonchev–Trinajstić information content (AvgIpc) is 4.08. The van der Waals surface area contributed by atoms with Crippen LogP contribution in [-0.4, -0.2) is 36.0 Å². The smallest absolute Gasteiger partial charge is 0.339 e. The van der Waals surface area contributed by atoms with Crippen LogP contribution in [0.4, 0.5) is 0 Å². The molecule has 21 heteroatoms. The minimum atomic E-state index is -1.01. The summed E-state index contributed by atoms with van der Waals surface area (Å²) in [5, 5.41) is 14.7. The fourth-order valence-corrected chi connectivity index (χ4v) is 14.0. The molecule has 0 amide bonds. The van der Waals surface area contributed by atoms with Crippen molar-refractivity contribution in [2.45, 2.75) is 0 Å². The molecule has 61 heavy (non-hydrogen) atoms. The van der Waals surface area contributed by atoms with Gasteiger partial charge in [0.1, 0.15) is 5.56 Å². The van der Waals surface area contributed by atoms with E-state index in [0.717, 1.165) is 74.8 Å². The number of hydrogen-bond donors (Lipinski definition) is 1. The maximum Gasteiger partial charge on any atom is 0.339 e. The van der Waals surface area contributed by atoms with E-state index in [1.54, 1.807) is 94.4 Å². The van der Waals surface area contributed by atoms with Crippen molar-refractivity contribution in [3.8, 4) is 0 Å². The van der Waals surface area contributed by atoms with Gasteiger partial charge >= 0.3 is 5.97 Å². The zero-order chi connectivity index (χ0) is 44.0. The number of fused-ring (bicyclic) bond motifs is 5. The maximum absolute atomic E-state index is 11.0. The number of aromatic carboxylic acids is 1. The SMILES string of the molecule is C=Cc1sc2c(Cl)ccnc2c1Br.C=Cc1sc2c(Cl)ccnc2c1C(=O)O.Clc1ccnc2c(Br)c(I)sc12.Clc1ccnc2cc(I)sc12.Clc1ccnc2ccsc12. The van der Waals surface area contributed by atoms with E-state index in [0.29, 0.717) is 20.1 Å². The second-order valence-corrected chi connectivity index (χ2v) is 23.8. The monoisotopic (exact) mass is 1350 g/mol. The Hall–Kier alpha value is -1.63. The number of aromatic nitrogens is 5. The van der Waals surface area contributed by atoms with Gasteiger partial charge in [-0.1, -0.05) is 83.3 Å².